The second kappa shape index (κ2) is 7.34. The Kier molecular flexibility index (Phi) is 5.75. The largest absolute Gasteiger partial charge is 0.392 e. The molecule has 3 nitrogen and oxygen atoms in total. The Hall–Kier alpha value is -0.710. The number of allylic oxidation sites excluding steroid dienone is 1. The summed E-state index contributed by atoms with van der Waals surface area (Å²) in [5.74, 6) is 0. The van der Waals surface area contributed by atoms with Crippen LogP contribution in [0.1, 0.15) is 54.2 Å². The predicted molar refractivity (Wildman–Crippen MR) is 85.2 cm³/mol. The van der Waals surface area contributed by atoms with Crippen LogP contribution >= 0.6 is 11.3 Å². The summed E-state index contributed by atoms with van der Waals surface area (Å²) in [4.78, 5) is 8.49. The standard InChI is InChI=1S/C16H26N2OS/c1-4-6-8-12(19)11-18(3)14-10-7-9-13-16(14)20-15(5-2)17-13/h4,12,14,19H,1,5-11H2,2-3H3. The first-order valence-electron chi connectivity index (χ1n) is 7.63. The molecule has 20 heavy (non-hydrogen) atoms. The number of hydrogen-bond acceptors (Lipinski definition) is 4. The number of nitrogens with zero attached hydrogens (tertiary/aromatic N) is 2. The molecule has 1 aromatic rings. The van der Waals surface area contributed by atoms with Crippen LogP contribution in [0.4, 0.5) is 0 Å². The smallest absolute Gasteiger partial charge is 0.0928 e. The van der Waals surface area contributed by atoms with E-state index in [1.54, 1.807) is 0 Å². The van der Waals surface area contributed by atoms with Gasteiger partial charge < -0.3 is 5.11 Å². The fourth-order valence-electron chi connectivity index (χ4n) is 2.88. The van der Waals surface area contributed by atoms with E-state index < -0.39 is 0 Å². The van der Waals surface area contributed by atoms with Crippen molar-refractivity contribution >= 4 is 11.3 Å². The number of fused-ring (bicyclic) bond motifs is 1. The maximum atomic E-state index is 10.1. The number of aliphatic hydroxyl groups excluding tert-OH is 1. The summed E-state index contributed by atoms with van der Waals surface area (Å²) in [6, 6.07) is 0.440. The fourth-order valence-corrected chi connectivity index (χ4v) is 4.13. The lowest BCUT2D eigenvalue weighted by molar-refractivity contribution is 0.0936. The molecule has 0 amide bonds. The van der Waals surface area contributed by atoms with Gasteiger partial charge in [0.1, 0.15) is 0 Å². The van der Waals surface area contributed by atoms with E-state index in [1.165, 1.54) is 28.4 Å². The van der Waals surface area contributed by atoms with Gasteiger partial charge in [-0.3, -0.25) is 4.90 Å². The average Bonchev–Trinajstić information content (AvgIpc) is 2.87. The van der Waals surface area contributed by atoms with Crippen LogP contribution in [0.2, 0.25) is 0 Å². The van der Waals surface area contributed by atoms with Gasteiger partial charge in [0.25, 0.3) is 0 Å². The van der Waals surface area contributed by atoms with Crippen molar-refractivity contribution in [3.63, 3.8) is 0 Å². The molecule has 0 saturated carbocycles. The molecular formula is C16H26N2OS. The zero-order valence-corrected chi connectivity index (χ0v) is 13.5. The first kappa shape index (κ1) is 15.7. The number of likely N-dealkylation sites (N-methyl/N-ethyl adjacent to an activating group) is 1. The highest BCUT2D eigenvalue weighted by Gasteiger charge is 2.28. The van der Waals surface area contributed by atoms with Crippen LogP contribution in [0.3, 0.4) is 0 Å². The van der Waals surface area contributed by atoms with Crippen molar-refractivity contribution in [1.82, 2.24) is 9.88 Å². The zero-order chi connectivity index (χ0) is 14.5. The summed E-state index contributed by atoms with van der Waals surface area (Å²) >= 11 is 1.87. The van der Waals surface area contributed by atoms with Gasteiger partial charge in [-0.15, -0.1) is 17.9 Å². The van der Waals surface area contributed by atoms with Crippen LogP contribution in [0.25, 0.3) is 0 Å². The van der Waals surface area contributed by atoms with Gasteiger partial charge in [0.2, 0.25) is 0 Å². The normalized spacial score (nSPS) is 19.9. The lowest BCUT2D eigenvalue weighted by atomic mass is 9.96. The molecule has 112 valence electrons. The minimum absolute atomic E-state index is 0.262. The average molecular weight is 294 g/mol. The maximum absolute atomic E-state index is 10.1. The fraction of sp³-hybridized carbons (Fsp3) is 0.688. The van der Waals surface area contributed by atoms with Gasteiger partial charge in [0.15, 0.2) is 0 Å². The van der Waals surface area contributed by atoms with Crippen molar-refractivity contribution in [2.75, 3.05) is 13.6 Å². The molecule has 4 heteroatoms. The Balaban J connectivity index is 2.02. The second-order valence-corrected chi connectivity index (χ2v) is 6.75. The maximum Gasteiger partial charge on any atom is 0.0928 e. The van der Waals surface area contributed by atoms with Gasteiger partial charge in [0.05, 0.1) is 16.8 Å². The molecule has 2 atom stereocenters. The SMILES string of the molecule is C=CCCC(O)CN(C)C1CCCc2nc(CC)sc21. The van der Waals surface area contributed by atoms with E-state index >= 15 is 0 Å². The molecule has 0 fully saturated rings. The molecule has 0 bridgehead atoms. The molecular weight excluding hydrogens is 268 g/mol. The van der Waals surface area contributed by atoms with Crippen LogP contribution in [-0.4, -0.2) is 34.7 Å². The molecule has 1 N–H and O–H groups in total. The Morgan fingerprint density at radius 1 is 1.60 bits per heavy atom. The van der Waals surface area contributed by atoms with Crippen LogP contribution in [0.5, 0.6) is 0 Å². The van der Waals surface area contributed by atoms with E-state index in [4.69, 9.17) is 4.98 Å². The monoisotopic (exact) mass is 294 g/mol. The third-order valence-corrected chi connectivity index (χ3v) is 5.35. The van der Waals surface area contributed by atoms with Crippen LogP contribution in [-0.2, 0) is 12.8 Å². The minimum Gasteiger partial charge on any atom is -0.392 e. The van der Waals surface area contributed by atoms with E-state index in [0.717, 1.165) is 32.2 Å². The van der Waals surface area contributed by atoms with E-state index in [2.05, 4.69) is 25.5 Å². The molecule has 1 aliphatic carbocycles. The molecule has 0 saturated heterocycles. The zero-order valence-electron chi connectivity index (χ0n) is 12.6. The van der Waals surface area contributed by atoms with E-state index in [1.807, 2.05) is 17.4 Å². The summed E-state index contributed by atoms with van der Waals surface area (Å²) in [6.45, 7) is 6.61. The van der Waals surface area contributed by atoms with Crippen molar-refractivity contribution in [2.24, 2.45) is 0 Å². The van der Waals surface area contributed by atoms with Crippen LogP contribution in [0.15, 0.2) is 12.7 Å². The summed E-state index contributed by atoms with van der Waals surface area (Å²) in [6.07, 6.45) is 7.83. The van der Waals surface area contributed by atoms with Crippen molar-refractivity contribution < 1.29 is 5.11 Å². The highest BCUT2D eigenvalue weighted by molar-refractivity contribution is 7.11. The van der Waals surface area contributed by atoms with Crippen LogP contribution < -0.4 is 0 Å². The summed E-state index contributed by atoms with van der Waals surface area (Å²) < 4.78 is 0. The third kappa shape index (κ3) is 3.68. The van der Waals surface area contributed by atoms with Crippen molar-refractivity contribution in [3.8, 4) is 0 Å². The van der Waals surface area contributed by atoms with Gasteiger partial charge in [-0.1, -0.05) is 13.0 Å². The van der Waals surface area contributed by atoms with E-state index in [-0.39, 0.29) is 6.10 Å². The third-order valence-electron chi connectivity index (χ3n) is 4.00. The molecule has 2 unspecified atom stereocenters. The van der Waals surface area contributed by atoms with E-state index in [0.29, 0.717) is 6.04 Å². The summed E-state index contributed by atoms with van der Waals surface area (Å²) in [5, 5.41) is 11.3. The lowest BCUT2D eigenvalue weighted by Crippen LogP contribution is -2.33. The summed E-state index contributed by atoms with van der Waals surface area (Å²) in [5.41, 5.74) is 1.30. The van der Waals surface area contributed by atoms with Gasteiger partial charge in [-0.2, -0.15) is 0 Å². The molecule has 2 rings (SSSR count). The van der Waals surface area contributed by atoms with Crippen molar-refractivity contribution in [1.29, 1.82) is 0 Å². The number of hydrogen-bond donors (Lipinski definition) is 1. The molecule has 1 aliphatic rings. The highest BCUT2D eigenvalue weighted by Crippen LogP contribution is 2.37. The second-order valence-electron chi connectivity index (χ2n) is 5.64. The molecule has 1 heterocycles. The van der Waals surface area contributed by atoms with Crippen molar-refractivity contribution in [2.45, 2.75) is 57.6 Å². The van der Waals surface area contributed by atoms with Gasteiger partial charge in [-0.05, 0) is 45.6 Å². The lowest BCUT2D eigenvalue weighted by Gasteiger charge is -2.32. The number of aryl methyl sites for hydroxylation is 2. The first-order chi connectivity index (χ1) is 9.65. The Morgan fingerprint density at radius 2 is 2.40 bits per heavy atom. The Labute approximate surface area is 126 Å². The molecule has 1 aromatic heterocycles. The quantitative estimate of drug-likeness (QED) is 0.784. The van der Waals surface area contributed by atoms with Gasteiger partial charge in [0, 0.05) is 17.5 Å². The highest BCUT2D eigenvalue weighted by atomic mass is 32.1. The van der Waals surface area contributed by atoms with Gasteiger partial charge >= 0.3 is 0 Å². The number of rotatable bonds is 7. The molecule has 0 radical (unpaired) electrons. The topological polar surface area (TPSA) is 36.4 Å². The molecule has 0 aliphatic heterocycles. The van der Waals surface area contributed by atoms with E-state index in [9.17, 15) is 5.11 Å². The summed E-state index contributed by atoms with van der Waals surface area (Å²) in [7, 11) is 2.13. The molecule has 0 spiro atoms. The number of thiazole rings is 1. The number of aromatic nitrogens is 1. The van der Waals surface area contributed by atoms with Gasteiger partial charge in [-0.25, -0.2) is 4.98 Å². The number of aliphatic hydroxyl groups is 1. The molecule has 0 aromatic carbocycles. The first-order valence-corrected chi connectivity index (χ1v) is 8.45. The Morgan fingerprint density at radius 3 is 3.10 bits per heavy atom. The minimum atomic E-state index is -0.262. The predicted octanol–water partition coefficient (Wildman–Crippen LogP) is 3.34. The Bertz CT molecular complexity index is 444. The van der Waals surface area contributed by atoms with Crippen LogP contribution in [0, 0.1) is 0 Å². The van der Waals surface area contributed by atoms with Crippen molar-refractivity contribution in [3.05, 3.63) is 28.2 Å².